The fraction of sp³-hybridized carbons (Fsp3) is 0.357. The molecule has 0 saturated heterocycles. The maximum absolute atomic E-state index is 6.07. The molecule has 0 aromatic carbocycles. The molecule has 0 spiro atoms. The normalized spacial score (nSPS) is 14.3. The third kappa shape index (κ3) is 10.5. The first kappa shape index (κ1) is 20.9. The van der Waals surface area contributed by atoms with E-state index in [4.69, 9.17) is 23.2 Å². The van der Waals surface area contributed by atoms with Crippen molar-refractivity contribution in [3.8, 4) is 0 Å². The van der Waals surface area contributed by atoms with Crippen molar-refractivity contribution in [1.82, 2.24) is 0 Å². The zero-order valence-electron chi connectivity index (χ0n) is 10.8. The van der Waals surface area contributed by atoms with Crippen LogP contribution in [0, 0.1) is 6.08 Å². The van der Waals surface area contributed by atoms with Crippen LogP contribution in [0.2, 0.25) is 0 Å². The number of alkyl halides is 2. The molecule has 1 aliphatic carbocycles. The van der Waals surface area contributed by atoms with E-state index in [1.54, 1.807) is 30.3 Å². The van der Waals surface area contributed by atoms with Crippen LogP contribution in [-0.4, -0.2) is 7.54 Å². The van der Waals surface area contributed by atoms with Crippen molar-refractivity contribution < 1.29 is 36.6 Å². The molecule has 0 nitrogen and oxygen atoms in total. The summed E-state index contributed by atoms with van der Waals surface area (Å²) in [4.78, 5) is 0. The second-order valence-electron chi connectivity index (χ2n) is 3.70. The summed E-state index contributed by atoms with van der Waals surface area (Å²) in [5.41, 5.74) is 0.830. The van der Waals surface area contributed by atoms with Crippen LogP contribution in [0.5, 0.6) is 0 Å². The van der Waals surface area contributed by atoms with Gasteiger partial charge in [-0.3, -0.25) is 6.08 Å². The van der Waals surface area contributed by atoms with E-state index >= 15 is 0 Å². The van der Waals surface area contributed by atoms with Gasteiger partial charge in [-0.05, 0) is 13.0 Å². The van der Waals surface area contributed by atoms with Crippen LogP contribution in [0.25, 0.3) is 0 Å². The Morgan fingerprint density at radius 1 is 1.39 bits per heavy atom. The predicted molar refractivity (Wildman–Crippen MR) is 75.3 cm³/mol. The molecule has 1 aliphatic rings. The van der Waals surface area contributed by atoms with E-state index in [1.807, 2.05) is 37.3 Å². The van der Waals surface area contributed by atoms with Gasteiger partial charge in [0.25, 0.3) is 0 Å². The molecule has 0 aliphatic heterocycles. The van der Waals surface area contributed by atoms with Crippen LogP contribution in [0.15, 0.2) is 42.0 Å². The number of hydrogen-bond acceptors (Lipinski definition) is 0. The van der Waals surface area contributed by atoms with E-state index in [9.17, 15) is 0 Å². The fourth-order valence-electron chi connectivity index (χ4n) is 1.01. The van der Waals surface area contributed by atoms with Gasteiger partial charge in [-0.1, -0.05) is 41.4 Å². The topological polar surface area (TPSA) is 0 Å². The smallest absolute Gasteiger partial charge is 1.00 e. The van der Waals surface area contributed by atoms with Crippen molar-refractivity contribution in [1.29, 1.82) is 0 Å². The van der Waals surface area contributed by atoms with Crippen LogP contribution < -0.4 is 12.4 Å². The minimum atomic E-state index is -0.938. The summed E-state index contributed by atoms with van der Waals surface area (Å²) in [6.45, 7) is 6.19. The van der Waals surface area contributed by atoms with Gasteiger partial charge in [-0.2, -0.15) is 11.6 Å². The SMILES string of the molecule is C/C=C/C=C/C(Cl)(Cl)C1=[C-]CC=C1.C[C](C)=[Zr+2].[Cl-]. The van der Waals surface area contributed by atoms with Gasteiger partial charge in [0.1, 0.15) is 4.33 Å². The fourth-order valence-corrected chi connectivity index (χ4v) is 1.42. The summed E-state index contributed by atoms with van der Waals surface area (Å²) in [5.74, 6) is 0. The second kappa shape index (κ2) is 11.4. The Morgan fingerprint density at radius 2 is 1.94 bits per heavy atom. The zero-order valence-corrected chi connectivity index (χ0v) is 15.5. The van der Waals surface area contributed by atoms with Gasteiger partial charge in [-0.15, -0.1) is 6.42 Å². The van der Waals surface area contributed by atoms with Crippen LogP contribution >= 0.6 is 23.2 Å². The first-order valence-corrected chi connectivity index (χ1v) is 7.36. The van der Waals surface area contributed by atoms with Crippen molar-refractivity contribution in [2.24, 2.45) is 0 Å². The molecule has 0 amide bonds. The molecular weight excluding hydrogens is 366 g/mol. The number of hydrogen-bond donors (Lipinski definition) is 0. The molecule has 0 saturated carbocycles. The maximum Gasteiger partial charge on any atom is -1.00 e. The Kier molecular flexibility index (Phi) is 13.2. The second-order valence-corrected chi connectivity index (χ2v) is 7.55. The number of allylic oxidation sites excluding steroid dienone is 8. The Labute approximate surface area is 142 Å². The van der Waals surface area contributed by atoms with Gasteiger partial charge >= 0.3 is 41.3 Å². The third-order valence-electron chi connectivity index (χ3n) is 1.66. The molecule has 0 bridgehead atoms. The van der Waals surface area contributed by atoms with E-state index in [-0.39, 0.29) is 12.4 Å². The third-order valence-corrected chi connectivity index (χ3v) is 2.32. The summed E-state index contributed by atoms with van der Waals surface area (Å²) >= 11 is 13.7. The van der Waals surface area contributed by atoms with Crippen molar-refractivity contribution in [2.75, 3.05) is 0 Å². The molecule has 0 fully saturated rings. The van der Waals surface area contributed by atoms with E-state index in [0.29, 0.717) is 0 Å². The summed E-state index contributed by atoms with van der Waals surface area (Å²) in [6, 6.07) is 0. The van der Waals surface area contributed by atoms with Gasteiger partial charge in [0, 0.05) is 0 Å². The number of halogens is 3. The van der Waals surface area contributed by atoms with Crippen molar-refractivity contribution in [2.45, 2.75) is 31.5 Å². The largest absolute Gasteiger partial charge is 1.00 e. The summed E-state index contributed by atoms with van der Waals surface area (Å²) in [7, 11) is 0. The molecule has 98 valence electrons. The van der Waals surface area contributed by atoms with Gasteiger partial charge in [0.2, 0.25) is 0 Å². The molecule has 1 rings (SSSR count). The van der Waals surface area contributed by atoms with Crippen LogP contribution in [0.1, 0.15) is 27.2 Å². The van der Waals surface area contributed by atoms with E-state index < -0.39 is 4.33 Å². The predicted octanol–water partition coefficient (Wildman–Crippen LogP) is 1.73. The first-order valence-electron chi connectivity index (χ1n) is 5.38. The summed E-state index contributed by atoms with van der Waals surface area (Å²) in [5, 5.41) is 0. The maximum atomic E-state index is 6.07. The van der Waals surface area contributed by atoms with E-state index in [1.165, 1.54) is 3.21 Å². The molecule has 0 unspecified atom stereocenters. The molecule has 0 aromatic rings. The average molecular weight is 383 g/mol. The standard InChI is InChI=1S/C11H11Cl2.C3H6.ClH.Zr/c1-2-3-6-9-11(12,13)10-7-4-5-8-10;1-3-2;;/h2-4,6-7,9H,5H2,1H3;1-2H3;1H;/q-1;;;+2/p-1/b3-2+,9-6+;;;. The van der Waals surface area contributed by atoms with Gasteiger partial charge < -0.3 is 12.4 Å². The van der Waals surface area contributed by atoms with Gasteiger partial charge in [0.15, 0.2) is 0 Å². The molecular formula is C14H17Cl3Zr. The van der Waals surface area contributed by atoms with Crippen molar-refractivity contribution in [3.63, 3.8) is 0 Å². The van der Waals surface area contributed by atoms with E-state index in [0.717, 1.165) is 12.0 Å². The van der Waals surface area contributed by atoms with Gasteiger partial charge in [0.05, 0.1) is 0 Å². The molecule has 18 heavy (non-hydrogen) atoms. The Bertz CT molecular complexity index is 359. The van der Waals surface area contributed by atoms with E-state index in [2.05, 4.69) is 19.9 Å². The molecule has 4 heteroatoms. The quantitative estimate of drug-likeness (QED) is 0.396. The van der Waals surface area contributed by atoms with Gasteiger partial charge in [-0.25, -0.2) is 6.08 Å². The molecule has 0 aromatic heterocycles. The molecule has 0 N–H and O–H groups in total. The average Bonchev–Trinajstić information content (AvgIpc) is 2.70. The van der Waals surface area contributed by atoms with Crippen molar-refractivity contribution in [3.05, 3.63) is 48.1 Å². The molecule has 0 atom stereocenters. The Morgan fingerprint density at radius 3 is 2.33 bits per heavy atom. The first-order chi connectivity index (χ1) is 7.90. The Balaban J connectivity index is 0. The van der Waals surface area contributed by atoms with Crippen LogP contribution in [0.4, 0.5) is 0 Å². The van der Waals surface area contributed by atoms with Crippen LogP contribution in [0.3, 0.4) is 0 Å². The monoisotopic (exact) mass is 380 g/mol. The molecule has 0 radical (unpaired) electrons. The Hall–Kier alpha value is 0.583. The molecule has 0 heterocycles. The van der Waals surface area contributed by atoms with Crippen LogP contribution in [-0.2, 0) is 24.2 Å². The number of rotatable bonds is 3. The zero-order chi connectivity index (χ0) is 13.3. The minimum absolute atomic E-state index is 0. The summed E-state index contributed by atoms with van der Waals surface area (Å²) in [6.07, 6.45) is 15.2. The summed E-state index contributed by atoms with van der Waals surface area (Å²) < 4.78 is 0.569. The minimum Gasteiger partial charge on any atom is -1.00 e. The van der Waals surface area contributed by atoms with Crippen molar-refractivity contribution >= 4 is 26.4 Å².